The first-order valence-electron chi connectivity index (χ1n) is 4.51. The third kappa shape index (κ3) is 2.96. The first kappa shape index (κ1) is 8.45. The molecule has 0 saturated heterocycles. The fourth-order valence-electron chi connectivity index (χ4n) is 1.64. The quantitative estimate of drug-likeness (QED) is 0.607. The average molecular weight is 158 g/mol. The van der Waals surface area contributed by atoms with Gasteiger partial charge in [0.2, 0.25) is 0 Å². The normalized spacial score (nSPS) is 21.3. The molecule has 1 saturated carbocycles. The number of hydrogen-bond donors (Lipinski definition) is 0. The maximum atomic E-state index is 2.26. The van der Waals surface area contributed by atoms with Gasteiger partial charge in [0.25, 0.3) is 0 Å². The fourth-order valence-corrected chi connectivity index (χ4v) is 2.54. The van der Waals surface area contributed by atoms with Crippen LogP contribution in [0.25, 0.3) is 0 Å². The maximum Gasteiger partial charge on any atom is -0.00392 e. The highest BCUT2D eigenvalue weighted by atomic mass is 32.2. The monoisotopic (exact) mass is 158 g/mol. The number of hydrogen-bond acceptors (Lipinski definition) is 1. The lowest BCUT2D eigenvalue weighted by molar-refractivity contribution is 0.391. The summed E-state index contributed by atoms with van der Waals surface area (Å²) in [5, 5.41) is 0. The molecule has 0 aromatic carbocycles. The zero-order valence-electron chi connectivity index (χ0n) is 6.94. The number of thioether (sulfide) groups is 1. The van der Waals surface area contributed by atoms with Gasteiger partial charge in [0.05, 0.1) is 0 Å². The van der Waals surface area contributed by atoms with Crippen molar-refractivity contribution in [3.63, 3.8) is 0 Å². The summed E-state index contributed by atoms with van der Waals surface area (Å²) in [6.07, 6.45) is 7.50. The molecule has 0 bridgehead atoms. The molecule has 1 fully saturated rings. The molecular formula is C9H18S. The van der Waals surface area contributed by atoms with Crippen LogP contribution < -0.4 is 0 Å². The van der Waals surface area contributed by atoms with E-state index in [-0.39, 0.29) is 0 Å². The second kappa shape index (κ2) is 5.06. The van der Waals surface area contributed by atoms with Crippen molar-refractivity contribution < 1.29 is 0 Å². The van der Waals surface area contributed by atoms with E-state index in [9.17, 15) is 0 Å². The molecule has 0 spiro atoms. The molecule has 0 aliphatic heterocycles. The van der Waals surface area contributed by atoms with Gasteiger partial charge in [-0.05, 0) is 30.3 Å². The first-order valence-corrected chi connectivity index (χ1v) is 5.66. The van der Waals surface area contributed by atoms with Gasteiger partial charge in [0.1, 0.15) is 0 Å². The van der Waals surface area contributed by atoms with Crippen molar-refractivity contribution in [2.45, 2.75) is 39.0 Å². The Bertz CT molecular complexity index is 74.8. The molecule has 10 heavy (non-hydrogen) atoms. The molecule has 0 radical (unpaired) electrons. The fraction of sp³-hybridized carbons (Fsp3) is 1.00. The average Bonchev–Trinajstić information content (AvgIpc) is 2.03. The lowest BCUT2D eigenvalue weighted by Gasteiger charge is -2.20. The van der Waals surface area contributed by atoms with Gasteiger partial charge >= 0.3 is 0 Å². The van der Waals surface area contributed by atoms with Crippen molar-refractivity contribution in [2.24, 2.45) is 5.92 Å². The highest BCUT2D eigenvalue weighted by Crippen LogP contribution is 2.26. The molecule has 0 N–H and O–H groups in total. The van der Waals surface area contributed by atoms with E-state index >= 15 is 0 Å². The van der Waals surface area contributed by atoms with Crippen molar-refractivity contribution in [3.8, 4) is 0 Å². The molecule has 0 heterocycles. The van der Waals surface area contributed by atoms with Crippen LogP contribution >= 0.6 is 11.8 Å². The van der Waals surface area contributed by atoms with E-state index in [4.69, 9.17) is 0 Å². The van der Waals surface area contributed by atoms with Crippen LogP contribution in [0.15, 0.2) is 0 Å². The molecule has 0 nitrogen and oxygen atoms in total. The van der Waals surface area contributed by atoms with Gasteiger partial charge in [-0.25, -0.2) is 0 Å². The van der Waals surface area contributed by atoms with Gasteiger partial charge in [-0.2, -0.15) is 11.8 Å². The molecule has 1 rings (SSSR count). The van der Waals surface area contributed by atoms with Crippen LogP contribution in [0.1, 0.15) is 39.0 Å². The zero-order chi connectivity index (χ0) is 7.23. The van der Waals surface area contributed by atoms with Crippen LogP contribution in [0.4, 0.5) is 0 Å². The van der Waals surface area contributed by atoms with Crippen molar-refractivity contribution in [2.75, 3.05) is 11.5 Å². The summed E-state index contributed by atoms with van der Waals surface area (Å²) >= 11 is 2.11. The molecular weight excluding hydrogens is 140 g/mol. The Morgan fingerprint density at radius 1 is 1.20 bits per heavy atom. The Hall–Kier alpha value is 0.350. The predicted molar refractivity (Wildman–Crippen MR) is 49.6 cm³/mol. The SMILES string of the molecule is CCSCC1CCCCC1. The van der Waals surface area contributed by atoms with Crippen molar-refractivity contribution in [1.82, 2.24) is 0 Å². The smallest absolute Gasteiger partial charge is 0.00392 e. The van der Waals surface area contributed by atoms with E-state index in [2.05, 4.69) is 18.7 Å². The summed E-state index contributed by atoms with van der Waals surface area (Å²) in [5.41, 5.74) is 0. The van der Waals surface area contributed by atoms with Crippen molar-refractivity contribution >= 4 is 11.8 Å². The second-order valence-corrected chi connectivity index (χ2v) is 4.48. The van der Waals surface area contributed by atoms with E-state index in [0.29, 0.717) is 0 Å². The zero-order valence-corrected chi connectivity index (χ0v) is 7.75. The molecule has 0 unspecified atom stereocenters. The summed E-state index contributed by atoms with van der Waals surface area (Å²) in [4.78, 5) is 0. The van der Waals surface area contributed by atoms with Gasteiger partial charge in [-0.15, -0.1) is 0 Å². The Morgan fingerprint density at radius 2 is 1.90 bits per heavy atom. The van der Waals surface area contributed by atoms with Crippen LogP contribution in [0.5, 0.6) is 0 Å². The minimum Gasteiger partial charge on any atom is -0.162 e. The Balaban J connectivity index is 2.02. The third-order valence-corrected chi connectivity index (χ3v) is 3.40. The molecule has 0 amide bonds. The van der Waals surface area contributed by atoms with Gasteiger partial charge in [-0.1, -0.05) is 26.2 Å². The highest BCUT2D eigenvalue weighted by Gasteiger charge is 2.11. The minimum absolute atomic E-state index is 1.07. The summed E-state index contributed by atoms with van der Waals surface area (Å²) in [6.45, 7) is 2.26. The molecule has 1 aliphatic carbocycles. The Kier molecular flexibility index (Phi) is 4.27. The summed E-state index contributed by atoms with van der Waals surface area (Å²) in [7, 11) is 0. The van der Waals surface area contributed by atoms with Crippen molar-refractivity contribution in [3.05, 3.63) is 0 Å². The van der Waals surface area contributed by atoms with E-state index in [1.165, 1.54) is 43.6 Å². The standard InChI is InChI=1S/C9H18S/c1-2-10-8-9-6-4-3-5-7-9/h9H,2-8H2,1H3. The van der Waals surface area contributed by atoms with E-state index in [0.717, 1.165) is 5.92 Å². The molecule has 1 heteroatoms. The van der Waals surface area contributed by atoms with Gasteiger partial charge in [0, 0.05) is 0 Å². The van der Waals surface area contributed by atoms with Gasteiger partial charge in [0.15, 0.2) is 0 Å². The maximum absolute atomic E-state index is 2.26. The highest BCUT2D eigenvalue weighted by molar-refractivity contribution is 7.99. The Labute approximate surface area is 68.8 Å². The lowest BCUT2D eigenvalue weighted by Crippen LogP contribution is -2.08. The molecule has 0 atom stereocenters. The summed E-state index contributed by atoms with van der Waals surface area (Å²) in [5.74, 6) is 3.80. The van der Waals surface area contributed by atoms with E-state index in [1.807, 2.05) is 0 Å². The lowest BCUT2D eigenvalue weighted by atomic mass is 9.91. The third-order valence-electron chi connectivity index (χ3n) is 2.28. The first-order chi connectivity index (χ1) is 4.93. The van der Waals surface area contributed by atoms with Crippen LogP contribution in [0.2, 0.25) is 0 Å². The van der Waals surface area contributed by atoms with Crippen LogP contribution in [0, 0.1) is 5.92 Å². The minimum atomic E-state index is 1.07. The number of rotatable bonds is 3. The summed E-state index contributed by atoms with van der Waals surface area (Å²) < 4.78 is 0. The predicted octanol–water partition coefficient (Wildman–Crippen LogP) is 3.32. The molecule has 60 valence electrons. The second-order valence-electron chi connectivity index (χ2n) is 3.16. The molecule has 1 aliphatic rings. The van der Waals surface area contributed by atoms with Crippen molar-refractivity contribution in [1.29, 1.82) is 0 Å². The van der Waals surface area contributed by atoms with Gasteiger partial charge in [-0.3, -0.25) is 0 Å². The molecule has 0 aromatic heterocycles. The Morgan fingerprint density at radius 3 is 2.50 bits per heavy atom. The van der Waals surface area contributed by atoms with E-state index < -0.39 is 0 Å². The molecule has 0 aromatic rings. The van der Waals surface area contributed by atoms with Crippen LogP contribution in [-0.2, 0) is 0 Å². The van der Waals surface area contributed by atoms with Crippen LogP contribution in [0.3, 0.4) is 0 Å². The topological polar surface area (TPSA) is 0 Å². The summed E-state index contributed by atoms with van der Waals surface area (Å²) in [6, 6.07) is 0. The largest absolute Gasteiger partial charge is 0.162 e. The van der Waals surface area contributed by atoms with E-state index in [1.54, 1.807) is 0 Å². The van der Waals surface area contributed by atoms with Crippen LogP contribution in [-0.4, -0.2) is 11.5 Å². The van der Waals surface area contributed by atoms with Gasteiger partial charge < -0.3 is 0 Å².